The maximum absolute atomic E-state index is 5.21. The molecule has 5 heteroatoms. The SMILES string of the molecule is c1ccc(C2=NC(c3ccc4cc(-n5c6ccc7cccc8sc9cccc%10ccc5c(c%109)c6c78)ccc4c3)N=C(c3ccc4ccccc4c3)N2)cc1. The maximum Gasteiger partial charge on any atom is 0.169 e. The minimum Gasteiger partial charge on any atom is -0.324 e. The molecule has 4 nitrogen and oxygen atoms in total. The van der Waals surface area contributed by atoms with Crippen LogP contribution in [0.5, 0.6) is 0 Å². The van der Waals surface area contributed by atoms with Gasteiger partial charge >= 0.3 is 0 Å². The van der Waals surface area contributed by atoms with E-state index in [0.29, 0.717) is 0 Å². The van der Waals surface area contributed by atoms with Crippen LogP contribution < -0.4 is 5.32 Å². The van der Waals surface area contributed by atoms with Crippen LogP contribution in [0.15, 0.2) is 180 Å². The summed E-state index contributed by atoms with van der Waals surface area (Å²) in [6.07, 6.45) is -0.391. The van der Waals surface area contributed by atoms with Crippen LogP contribution in [0.4, 0.5) is 0 Å². The summed E-state index contributed by atoms with van der Waals surface area (Å²) in [4.78, 5) is 10.4. The van der Waals surface area contributed by atoms with Gasteiger partial charge in [0.1, 0.15) is 11.7 Å². The zero-order chi connectivity index (χ0) is 35.3. The van der Waals surface area contributed by atoms with Crippen LogP contribution in [0.3, 0.4) is 0 Å². The van der Waals surface area contributed by atoms with Gasteiger partial charge in [-0.1, -0.05) is 121 Å². The first-order valence-corrected chi connectivity index (χ1v) is 19.2. The normalized spacial score (nSPS) is 14.9. The van der Waals surface area contributed by atoms with Crippen molar-refractivity contribution in [2.24, 2.45) is 9.98 Å². The molecule has 0 saturated carbocycles. The molecule has 12 rings (SSSR count). The number of aliphatic imine (C=N–C) groups is 2. The summed E-state index contributed by atoms with van der Waals surface area (Å²) < 4.78 is 5.09. The molecule has 1 unspecified atom stereocenters. The predicted molar refractivity (Wildman–Crippen MR) is 229 cm³/mol. The van der Waals surface area contributed by atoms with Crippen LogP contribution in [0.25, 0.3) is 80.0 Å². The summed E-state index contributed by atoms with van der Waals surface area (Å²) in [5, 5.41) is 16.2. The molecule has 0 amide bonds. The fourth-order valence-corrected chi connectivity index (χ4v) is 9.80. The second kappa shape index (κ2) is 11.3. The number of nitrogens with zero attached hydrogens (tertiary/aromatic N) is 3. The molecular weight excluding hydrogens is 677 g/mol. The van der Waals surface area contributed by atoms with Crippen LogP contribution >= 0.6 is 11.3 Å². The molecule has 9 aromatic carbocycles. The number of fused-ring (bicyclic) bond motifs is 2. The lowest BCUT2D eigenvalue weighted by Gasteiger charge is -2.23. The van der Waals surface area contributed by atoms with Crippen molar-refractivity contribution in [3.8, 4) is 5.69 Å². The fourth-order valence-electron chi connectivity index (χ4n) is 8.62. The molecule has 1 atom stereocenters. The van der Waals surface area contributed by atoms with Crippen LogP contribution in [0.1, 0.15) is 22.9 Å². The Hall–Kier alpha value is -6.82. The third-order valence-electron chi connectivity index (χ3n) is 11.1. The molecule has 3 heterocycles. The molecule has 252 valence electrons. The molecular formula is C49H30N4S. The van der Waals surface area contributed by atoms with Crippen LogP contribution in [0, 0.1) is 0 Å². The number of benzene rings is 9. The second-order valence-electron chi connectivity index (χ2n) is 14.2. The van der Waals surface area contributed by atoms with Gasteiger partial charge in [-0.15, -0.1) is 11.3 Å². The largest absolute Gasteiger partial charge is 0.324 e. The second-order valence-corrected chi connectivity index (χ2v) is 15.3. The molecule has 0 saturated heterocycles. The average molecular weight is 707 g/mol. The van der Waals surface area contributed by atoms with E-state index in [1.165, 1.54) is 68.9 Å². The van der Waals surface area contributed by atoms with Gasteiger partial charge in [-0.05, 0) is 86.4 Å². The number of aromatic nitrogens is 1. The first-order valence-electron chi connectivity index (χ1n) is 18.3. The Labute approximate surface area is 314 Å². The molecule has 0 spiro atoms. The Morgan fingerprint density at radius 2 is 1.00 bits per heavy atom. The summed E-state index contributed by atoms with van der Waals surface area (Å²) in [7, 11) is 0. The van der Waals surface area contributed by atoms with Gasteiger partial charge in [0.2, 0.25) is 0 Å². The van der Waals surface area contributed by atoms with Gasteiger partial charge in [-0.25, -0.2) is 9.98 Å². The topological polar surface area (TPSA) is 41.7 Å². The van der Waals surface area contributed by atoms with E-state index in [2.05, 4.69) is 174 Å². The van der Waals surface area contributed by atoms with E-state index >= 15 is 0 Å². The van der Waals surface area contributed by atoms with E-state index in [1.54, 1.807) is 0 Å². The van der Waals surface area contributed by atoms with Crippen molar-refractivity contribution >= 4 is 97.3 Å². The van der Waals surface area contributed by atoms with Crippen LogP contribution in [-0.4, -0.2) is 16.2 Å². The number of amidine groups is 2. The Bertz CT molecular complexity index is 3270. The van der Waals surface area contributed by atoms with E-state index in [4.69, 9.17) is 9.98 Å². The molecule has 0 bridgehead atoms. The van der Waals surface area contributed by atoms with E-state index < -0.39 is 6.17 Å². The molecule has 2 aromatic heterocycles. The number of hydrogen-bond donors (Lipinski definition) is 1. The quantitative estimate of drug-likeness (QED) is 0.194. The van der Waals surface area contributed by atoms with Gasteiger partial charge in [0, 0.05) is 47.8 Å². The molecule has 1 aliphatic heterocycles. The van der Waals surface area contributed by atoms with Crippen molar-refractivity contribution in [2.45, 2.75) is 6.17 Å². The zero-order valence-electron chi connectivity index (χ0n) is 29.0. The molecule has 1 N–H and O–H groups in total. The Balaban J connectivity index is 1.01. The standard InChI is InChI=1S/C49H30N4S/c1-2-9-32(10-3-1)47-50-48(36-18-16-29-8-4-5-11-33(29)26-36)52-49(51-47)37-19-17-35-28-38(23-20-34(35)27-37)53-39-24-21-30-12-6-14-41-43(30)45(39)46-40(53)25-22-31-13-7-15-42(54-41)44(31)46/h1-28,49H,(H,50,51,52). The van der Waals surface area contributed by atoms with Gasteiger partial charge in [0.15, 0.2) is 6.17 Å². The highest BCUT2D eigenvalue weighted by atomic mass is 32.1. The van der Waals surface area contributed by atoms with Crippen LogP contribution in [-0.2, 0) is 0 Å². The summed E-state index contributed by atoms with van der Waals surface area (Å²) >= 11 is 1.89. The van der Waals surface area contributed by atoms with Crippen molar-refractivity contribution in [3.05, 3.63) is 187 Å². The molecule has 1 aliphatic rings. The fraction of sp³-hybridized carbons (Fsp3) is 0.0204. The molecule has 11 aromatic rings. The van der Waals surface area contributed by atoms with Gasteiger partial charge in [-0.3, -0.25) is 0 Å². The van der Waals surface area contributed by atoms with Crippen molar-refractivity contribution in [2.75, 3.05) is 0 Å². The first-order chi connectivity index (χ1) is 26.7. The van der Waals surface area contributed by atoms with E-state index in [0.717, 1.165) is 39.4 Å². The highest BCUT2D eigenvalue weighted by Gasteiger charge is 2.23. The Morgan fingerprint density at radius 1 is 0.426 bits per heavy atom. The lowest BCUT2D eigenvalue weighted by Crippen LogP contribution is -2.36. The van der Waals surface area contributed by atoms with Crippen LogP contribution in [0.2, 0.25) is 0 Å². The monoisotopic (exact) mass is 706 g/mol. The van der Waals surface area contributed by atoms with Gasteiger partial charge in [0.25, 0.3) is 0 Å². The molecule has 54 heavy (non-hydrogen) atoms. The minimum absolute atomic E-state index is 0.391. The first kappa shape index (κ1) is 29.7. The summed E-state index contributed by atoms with van der Waals surface area (Å²) in [6, 6.07) is 61.4. The van der Waals surface area contributed by atoms with Gasteiger partial charge in [0.05, 0.1) is 11.0 Å². The summed E-state index contributed by atoms with van der Waals surface area (Å²) in [6.45, 7) is 0. The smallest absolute Gasteiger partial charge is 0.169 e. The van der Waals surface area contributed by atoms with E-state index in [9.17, 15) is 0 Å². The van der Waals surface area contributed by atoms with Gasteiger partial charge < -0.3 is 9.88 Å². The highest BCUT2D eigenvalue weighted by molar-refractivity contribution is 7.24. The Kier molecular flexibility index (Phi) is 6.24. The van der Waals surface area contributed by atoms with Crippen molar-refractivity contribution in [3.63, 3.8) is 0 Å². The van der Waals surface area contributed by atoms with Gasteiger partial charge in [-0.2, -0.15) is 0 Å². The van der Waals surface area contributed by atoms with E-state index in [1.807, 2.05) is 17.4 Å². The number of hydrogen-bond acceptors (Lipinski definition) is 4. The lowest BCUT2D eigenvalue weighted by molar-refractivity contribution is 0.757. The summed E-state index contributed by atoms with van der Waals surface area (Å²) in [5.41, 5.74) is 6.75. The molecule has 0 aliphatic carbocycles. The number of nitrogens with one attached hydrogen (secondary N) is 1. The lowest BCUT2D eigenvalue weighted by atomic mass is 10.00. The summed E-state index contributed by atoms with van der Waals surface area (Å²) in [5.74, 6) is 1.64. The molecule has 0 radical (unpaired) electrons. The average Bonchev–Trinajstić information content (AvgIpc) is 3.49. The number of rotatable bonds is 4. The maximum atomic E-state index is 5.21. The third kappa shape index (κ3) is 4.42. The van der Waals surface area contributed by atoms with Crippen molar-refractivity contribution in [1.82, 2.24) is 9.88 Å². The van der Waals surface area contributed by atoms with Crippen molar-refractivity contribution in [1.29, 1.82) is 0 Å². The Morgan fingerprint density at radius 3 is 1.74 bits per heavy atom. The zero-order valence-corrected chi connectivity index (χ0v) is 29.8. The minimum atomic E-state index is -0.391. The van der Waals surface area contributed by atoms with E-state index in [-0.39, 0.29) is 0 Å². The highest BCUT2D eigenvalue weighted by Crippen LogP contribution is 2.46. The predicted octanol–water partition coefficient (Wildman–Crippen LogP) is 12.5. The molecule has 0 fully saturated rings. The third-order valence-corrected chi connectivity index (χ3v) is 12.3. The van der Waals surface area contributed by atoms with Crippen molar-refractivity contribution < 1.29 is 0 Å².